The number of hydroxylamine groups is 1. The number of nitrogens with one attached hydrogen (secondary N) is 3. The first kappa shape index (κ1) is 24.6. The maximum absolute atomic E-state index is 12.6. The van der Waals surface area contributed by atoms with Crippen LogP contribution in [0.2, 0.25) is 0 Å². The van der Waals surface area contributed by atoms with Gasteiger partial charge in [-0.2, -0.15) is 0 Å². The van der Waals surface area contributed by atoms with Crippen molar-refractivity contribution in [1.82, 2.24) is 16.1 Å². The van der Waals surface area contributed by atoms with Crippen LogP contribution in [0.3, 0.4) is 0 Å². The Morgan fingerprint density at radius 2 is 1.53 bits per heavy atom. The second kappa shape index (κ2) is 11.6. The smallest absolute Gasteiger partial charge is 0.268 e. The molecule has 32 heavy (non-hydrogen) atoms. The molecular weight excluding hydrogens is 410 g/mol. The van der Waals surface area contributed by atoms with E-state index in [2.05, 4.69) is 35.6 Å². The summed E-state index contributed by atoms with van der Waals surface area (Å²) in [4.78, 5) is 36.8. The number of aliphatic hydroxyl groups is 1. The minimum absolute atomic E-state index is 0.132. The van der Waals surface area contributed by atoms with Crippen LogP contribution < -0.4 is 16.1 Å². The highest BCUT2D eigenvalue weighted by molar-refractivity contribution is 5.98. The lowest BCUT2D eigenvalue weighted by Crippen LogP contribution is -2.56. The van der Waals surface area contributed by atoms with E-state index in [1.165, 1.54) is 18.0 Å². The quantitative estimate of drug-likeness (QED) is 0.230. The SMILES string of the molecule is C#CC[C@H](NC(=O)c1ccc(-c2ccc(CC)cc2)cc1)C(=O)N[C@H](C(=O)NO)[C@@H](C)O. The lowest BCUT2D eigenvalue weighted by atomic mass is 10.0. The monoisotopic (exact) mass is 437 g/mol. The van der Waals surface area contributed by atoms with Gasteiger partial charge in [-0.25, -0.2) is 5.48 Å². The molecule has 3 atom stereocenters. The van der Waals surface area contributed by atoms with Crippen molar-refractivity contribution in [3.05, 3.63) is 59.7 Å². The molecule has 2 aromatic rings. The van der Waals surface area contributed by atoms with Crippen molar-refractivity contribution in [2.75, 3.05) is 0 Å². The minimum atomic E-state index is -1.41. The predicted octanol–water partition coefficient (Wildman–Crippen LogP) is 1.41. The zero-order chi connectivity index (χ0) is 23.7. The minimum Gasteiger partial charge on any atom is -0.391 e. The van der Waals surface area contributed by atoms with E-state index in [4.69, 9.17) is 11.6 Å². The highest BCUT2D eigenvalue weighted by atomic mass is 16.5. The van der Waals surface area contributed by atoms with Crippen molar-refractivity contribution in [3.8, 4) is 23.5 Å². The molecule has 0 saturated carbocycles. The molecule has 8 heteroatoms. The number of carbonyl (C=O) groups excluding carboxylic acids is 3. The van der Waals surface area contributed by atoms with Crippen molar-refractivity contribution in [3.63, 3.8) is 0 Å². The first-order chi connectivity index (χ1) is 15.3. The summed E-state index contributed by atoms with van der Waals surface area (Å²) < 4.78 is 0. The molecule has 0 saturated heterocycles. The van der Waals surface area contributed by atoms with E-state index in [0.717, 1.165) is 17.5 Å². The van der Waals surface area contributed by atoms with E-state index in [-0.39, 0.29) is 6.42 Å². The fourth-order valence-electron chi connectivity index (χ4n) is 3.04. The van der Waals surface area contributed by atoms with Gasteiger partial charge < -0.3 is 15.7 Å². The molecular formula is C24H27N3O5. The molecule has 2 rings (SSSR count). The van der Waals surface area contributed by atoms with Crippen LogP contribution in [0.15, 0.2) is 48.5 Å². The van der Waals surface area contributed by atoms with Crippen molar-refractivity contribution in [1.29, 1.82) is 0 Å². The van der Waals surface area contributed by atoms with Gasteiger partial charge in [0.05, 0.1) is 6.10 Å². The summed E-state index contributed by atoms with van der Waals surface area (Å²) in [5.74, 6) is 0.0194. The largest absolute Gasteiger partial charge is 0.391 e. The topological polar surface area (TPSA) is 128 Å². The van der Waals surface area contributed by atoms with E-state index >= 15 is 0 Å². The second-order valence-electron chi connectivity index (χ2n) is 7.27. The van der Waals surface area contributed by atoms with Crippen LogP contribution in [0.25, 0.3) is 11.1 Å². The Hall–Kier alpha value is -3.67. The lowest BCUT2D eigenvalue weighted by Gasteiger charge is -2.23. The number of benzene rings is 2. The third kappa shape index (κ3) is 6.41. The molecule has 168 valence electrons. The van der Waals surface area contributed by atoms with E-state index in [9.17, 15) is 19.5 Å². The maximum atomic E-state index is 12.6. The number of amides is 3. The molecule has 0 unspecified atom stereocenters. The molecule has 0 radical (unpaired) electrons. The van der Waals surface area contributed by atoms with Crippen LogP contribution in [0.1, 0.15) is 36.2 Å². The number of aryl methyl sites for hydroxylation is 1. The molecule has 0 heterocycles. The summed E-state index contributed by atoms with van der Waals surface area (Å²) in [6.07, 6.45) is 4.85. The van der Waals surface area contributed by atoms with Crippen molar-refractivity contribution in [2.24, 2.45) is 0 Å². The Labute approximate surface area is 187 Å². The van der Waals surface area contributed by atoms with Gasteiger partial charge in [0.15, 0.2) is 0 Å². The molecule has 5 N–H and O–H groups in total. The number of hydrogen-bond donors (Lipinski definition) is 5. The highest BCUT2D eigenvalue weighted by Gasteiger charge is 2.29. The van der Waals surface area contributed by atoms with E-state index < -0.39 is 35.9 Å². The van der Waals surface area contributed by atoms with Gasteiger partial charge in [-0.1, -0.05) is 43.3 Å². The summed E-state index contributed by atoms with van der Waals surface area (Å²) in [7, 11) is 0. The van der Waals surface area contributed by atoms with Crippen LogP contribution in [0.5, 0.6) is 0 Å². The maximum Gasteiger partial charge on any atom is 0.268 e. The third-order valence-corrected chi connectivity index (χ3v) is 4.96. The molecule has 2 aromatic carbocycles. The fourth-order valence-corrected chi connectivity index (χ4v) is 3.04. The molecule has 0 aliphatic carbocycles. The first-order valence-corrected chi connectivity index (χ1v) is 10.2. The normalized spacial score (nSPS) is 13.2. The standard InChI is InChI=1S/C24H27N3O5/c1-4-6-20(23(30)26-21(15(3)28)24(31)27-32)25-22(29)19-13-11-18(12-14-19)17-9-7-16(5-2)8-10-17/h1,7-15,20-21,28,32H,5-6H2,2-3H3,(H,25,29)(H,26,30)(H,27,31)/t15-,20+,21+/m1/s1. The molecule has 0 aliphatic rings. The number of carbonyl (C=O) groups is 3. The van der Waals surface area contributed by atoms with Gasteiger partial charge in [0, 0.05) is 12.0 Å². The van der Waals surface area contributed by atoms with E-state index in [1.54, 1.807) is 24.3 Å². The average molecular weight is 437 g/mol. The summed E-state index contributed by atoms with van der Waals surface area (Å²) in [5.41, 5.74) is 4.89. The zero-order valence-corrected chi connectivity index (χ0v) is 18.0. The second-order valence-corrected chi connectivity index (χ2v) is 7.27. The van der Waals surface area contributed by atoms with Crippen molar-refractivity contribution in [2.45, 2.75) is 44.9 Å². The van der Waals surface area contributed by atoms with E-state index in [1.807, 2.05) is 12.1 Å². The Balaban J connectivity index is 2.10. The van der Waals surface area contributed by atoms with E-state index in [0.29, 0.717) is 5.56 Å². The third-order valence-electron chi connectivity index (χ3n) is 4.96. The van der Waals surface area contributed by atoms with Crippen LogP contribution in [0, 0.1) is 12.3 Å². The molecule has 8 nitrogen and oxygen atoms in total. The number of rotatable bonds is 9. The van der Waals surface area contributed by atoms with Gasteiger partial charge in [-0.15, -0.1) is 12.3 Å². The van der Waals surface area contributed by atoms with Crippen molar-refractivity contribution < 1.29 is 24.7 Å². The van der Waals surface area contributed by atoms with Gasteiger partial charge >= 0.3 is 0 Å². The predicted molar refractivity (Wildman–Crippen MR) is 120 cm³/mol. The zero-order valence-electron chi connectivity index (χ0n) is 18.0. The molecule has 0 bridgehead atoms. The summed E-state index contributed by atoms with van der Waals surface area (Å²) in [5, 5.41) is 23.3. The molecule has 3 amide bonds. The van der Waals surface area contributed by atoms with Gasteiger partial charge in [0.25, 0.3) is 11.8 Å². The fraction of sp³-hybridized carbons (Fsp3) is 0.292. The van der Waals surface area contributed by atoms with Crippen LogP contribution >= 0.6 is 0 Å². The number of terminal acetylenes is 1. The summed E-state index contributed by atoms with van der Waals surface area (Å²) in [6.45, 7) is 3.36. The van der Waals surface area contributed by atoms with Crippen LogP contribution in [-0.4, -0.2) is 46.2 Å². The first-order valence-electron chi connectivity index (χ1n) is 10.2. The molecule has 0 fully saturated rings. The molecule has 0 aliphatic heterocycles. The Bertz CT molecular complexity index is 978. The van der Waals surface area contributed by atoms with Crippen molar-refractivity contribution >= 4 is 17.7 Å². The lowest BCUT2D eigenvalue weighted by molar-refractivity contribution is -0.137. The molecule has 0 spiro atoms. The Morgan fingerprint density at radius 1 is 0.969 bits per heavy atom. The number of aliphatic hydroxyl groups excluding tert-OH is 1. The van der Waals surface area contributed by atoms with Gasteiger partial charge in [0.1, 0.15) is 12.1 Å². The van der Waals surface area contributed by atoms with Crippen LogP contribution in [-0.2, 0) is 16.0 Å². The van der Waals surface area contributed by atoms with Crippen LogP contribution in [0.4, 0.5) is 0 Å². The highest BCUT2D eigenvalue weighted by Crippen LogP contribution is 2.20. The Morgan fingerprint density at radius 3 is 2.00 bits per heavy atom. The van der Waals surface area contributed by atoms with Gasteiger partial charge in [0.2, 0.25) is 5.91 Å². The Kier molecular flexibility index (Phi) is 8.95. The number of hydrogen-bond acceptors (Lipinski definition) is 5. The average Bonchev–Trinajstić information content (AvgIpc) is 2.81. The van der Waals surface area contributed by atoms with Gasteiger partial charge in [-0.05, 0) is 42.2 Å². The summed E-state index contributed by atoms with van der Waals surface area (Å²) in [6, 6.07) is 12.5. The summed E-state index contributed by atoms with van der Waals surface area (Å²) >= 11 is 0. The molecule has 0 aromatic heterocycles. The van der Waals surface area contributed by atoms with Gasteiger partial charge in [-0.3, -0.25) is 19.6 Å².